The molecule has 2 aromatic carbocycles. The number of carbonyl (C=O) groups is 1. The molecule has 2 aliphatic heterocycles. The molecule has 2 bridgehead atoms. The van der Waals surface area contributed by atoms with Crippen LogP contribution < -0.4 is 14.4 Å². The Bertz CT molecular complexity index is 1350. The zero-order valence-corrected chi connectivity index (χ0v) is 27.7. The van der Waals surface area contributed by atoms with Crippen molar-refractivity contribution in [3.8, 4) is 5.75 Å². The molecule has 1 fully saturated rings. The van der Waals surface area contributed by atoms with Crippen LogP contribution in [0.4, 0.5) is 5.69 Å². The summed E-state index contributed by atoms with van der Waals surface area (Å²) in [6, 6.07) is 12.4. The molecule has 232 valence electrons. The number of amides is 1. The largest absolute Gasteiger partial charge is 0.490 e. The van der Waals surface area contributed by atoms with Gasteiger partial charge in [0.2, 0.25) is 0 Å². The summed E-state index contributed by atoms with van der Waals surface area (Å²) in [5.74, 6) is 2.81. The first-order chi connectivity index (χ1) is 20.8. The second-order valence-electron chi connectivity index (χ2n) is 13.6. The molecule has 7 unspecified atom stereocenters. The Morgan fingerprint density at radius 1 is 1.14 bits per heavy atom. The molecule has 2 heterocycles. The quantitative estimate of drug-likeness (QED) is 0.276. The lowest BCUT2D eigenvalue weighted by atomic mass is 9.62. The highest BCUT2D eigenvalue weighted by Crippen LogP contribution is 2.49. The monoisotopic (exact) mass is 622 g/mol. The summed E-state index contributed by atoms with van der Waals surface area (Å²) in [5.41, 5.74) is 4.29. The topological polar surface area (TPSA) is 50.8 Å². The van der Waals surface area contributed by atoms with E-state index in [1.807, 2.05) is 18.2 Å². The van der Waals surface area contributed by atoms with E-state index in [2.05, 4.69) is 67.7 Å². The van der Waals surface area contributed by atoms with Crippen LogP contribution in [0.2, 0.25) is 5.02 Å². The standard InChI is InChI=1S/C36H47ClN2O3S/c1-5-16-41-33-10-6-8-23(2)25(4)43-38-35(40)27-11-14-34-32(19-27)39(20-30-24(3)17-29(30)33)21-36(22-42-34)15-7-9-26-18-28(37)12-13-31(26)36/h6,10-14,18-19,23-25,29-30,33H,5,7-9,15-17,20-22H2,1-4H3,(H,38,40)/b10-6+. The number of aryl methyl sites for hydroxylation is 1. The van der Waals surface area contributed by atoms with Gasteiger partial charge < -0.3 is 14.4 Å². The molecule has 7 heteroatoms. The van der Waals surface area contributed by atoms with Crippen LogP contribution in [0.15, 0.2) is 48.6 Å². The molecule has 2 aliphatic carbocycles. The Balaban J connectivity index is 1.41. The van der Waals surface area contributed by atoms with E-state index in [9.17, 15) is 4.79 Å². The van der Waals surface area contributed by atoms with Crippen molar-refractivity contribution < 1.29 is 14.3 Å². The third kappa shape index (κ3) is 6.35. The summed E-state index contributed by atoms with van der Waals surface area (Å²) in [7, 11) is 0. The van der Waals surface area contributed by atoms with Crippen molar-refractivity contribution in [1.82, 2.24) is 4.72 Å². The molecule has 1 saturated carbocycles. The second-order valence-corrected chi connectivity index (χ2v) is 15.2. The average Bonchev–Trinajstić information content (AvgIpc) is 3.15. The van der Waals surface area contributed by atoms with Gasteiger partial charge in [0.15, 0.2) is 0 Å². The number of hydrogen-bond donors (Lipinski definition) is 1. The Labute approximate surface area is 267 Å². The maximum absolute atomic E-state index is 13.4. The summed E-state index contributed by atoms with van der Waals surface area (Å²) in [6.07, 6.45) is 11.2. The predicted octanol–water partition coefficient (Wildman–Crippen LogP) is 8.24. The Kier molecular flexibility index (Phi) is 9.38. The normalized spacial score (nSPS) is 33.3. The number of halogens is 1. The maximum atomic E-state index is 13.4. The van der Waals surface area contributed by atoms with Crippen molar-refractivity contribution in [3.63, 3.8) is 0 Å². The van der Waals surface area contributed by atoms with Crippen molar-refractivity contribution in [3.05, 3.63) is 70.3 Å². The van der Waals surface area contributed by atoms with Gasteiger partial charge in [-0.25, -0.2) is 0 Å². The zero-order chi connectivity index (χ0) is 30.1. The van der Waals surface area contributed by atoms with Crippen molar-refractivity contribution in [2.24, 2.45) is 23.7 Å². The molecule has 5 nitrogen and oxygen atoms in total. The van der Waals surface area contributed by atoms with Crippen molar-refractivity contribution in [1.29, 1.82) is 0 Å². The van der Waals surface area contributed by atoms with Gasteiger partial charge in [-0.05, 0) is 116 Å². The molecule has 4 aliphatic rings. The van der Waals surface area contributed by atoms with Crippen LogP contribution in [-0.4, -0.2) is 43.6 Å². The fourth-order valence-electron chi connectivity index (χ4n) is 7.72. The minimum Gasteiger partial charge on any atom is -0.490 e. The molecule has 1 spiro atoms. The smallest absolute Gasteiger partial charge is 0.261 e. The molecule has 0 saturated heterocycles. The fourth-order valence-corrected chi connectivity index (χ4v) is 8.67. The van der Waals surface area contributed by atoms with Crippen LogP contribution in [0.5, 0.6) is 5.75 Å². The molecule has 7 atom stereocenters. The summed E-state index contributed by atoms with van der Waals surface area (Å²) in [4.78, 5) is 16.0. The lowest BCUT2D eigenvalue weighted by Gasteiger charge is -2.49. The molecular weight excluding hydrogens is 576 g/mol. The van der Waals surface area contributed by atoms with Crippen LogP contribution in [0, 0.1) is 23.7 Å². The summed E-state index contributed by atoms with van der Waals surface area (Å²) in [6.45, 7) is 12.2. The number of hydrogen-bond acceptors (Lipinski definition) is 5. The predicted molar refractivity (Wildman–Crippen MR) is 178 cm³/mol. The molecule has 6 rings (SSSR count). The number of nitrogens with one attached hydrogen (secondary N) is 1. The number of carbonyl (C=O) groups excluding carboxylic acids is 1. The molecule has 0 aromatic heterocycles. The molecule has 2 aromatic rings. The van der Waals surface area contributed by atoms with Gasteiger partial charge in [0.25, 0.3) is 5.91 Å². The van der Waals surface area contributed by atoms with Gasteiger partial charge in [0.05, 0.1) is 18.4 Å². The van der Waals surface area contributed by atoms with Crippen molar-refractivity contribution in [2.45, 2.75) is 83.0 Å². The van der Waals surface area contributed by atoms with E-state index in [1.54, 1.807) is 0 Å². The third-order valence-corrected chi connectivity index (χ3v) is 11.9. The number of rotatable bonds is 3. The Morgan fingerprint density at radius 2 is 2.00 bits per heavy atom. The van der Waals surface area contributed by atoms with E-state index in [4.69, 9.17) is 21.1 Å². The number of benzene rings is 2. The number of ether oxygens (including phenoxy) is 2. The van der Waals surface area contributed by atoms with Gasteiger partial charge in [0.1, 0.15) is 5.75 Å². The molecule has 1 N–H and O–H groups in total. The lowest BCUT2D eigenvalue weighted by Crippen LogP contribution is -2.52. The van der Waals surface area contributed by atoms with E-state index in [0.29, 0.717) is 35.8 Å². The lowest BCUT2D eigenvalue weighted by molar-refractivity contribution is -0.0428. The summed E-state index contributed by atoms with van der Waals surface area (Å²) < 4.78 is 16.4. The third-order valence-electron chi connectivity index (χ3n) is 10.6. The minimum absolute atomic E-state index is 0.0473. The SMILES string of the molecule is CCCOC1/C=C/CC(C)C(C)SNC(=O)c2ccc3c(c2)N(CC2C(C)CC12)CC1(CCCc2cc(Cl)ccc21)CO3. The van der Waals surface area contributed by atoms with Gasteiger partial charge in [0, 0.05) is 40.9 Å². The minimum atomic E-state index is -0.137. The van der Waals surface area contributed by atoms with Crippen LogP contribution in [-0.2, 0) is 16.6 Å². The highest BCUT2D eigenvalue weighted by Gasteiger charge is 2.46. The fraction of sp³-hybridized carbons (Fsp3) is 0.583. The number of anilines is 1. The number of fused-ring (bicyclic) bond motifs is 4. The first-order valence-electron chi connectivity index (χ1n) is 16.3. The Morgan fingerprint density at radius 3 is 2.81 bits per heavy atom. The van der Waals surface area contributed by atoms with E-state index in [-0.39, 0.29) is 22.7 Å². The average molecular weight is 623 g/mol. The summed E-state index contributed by atoms with van der Waals surface area (Å²) in [5, 5.41) is 1.08. The highest BCUT2D eigenvalue weighted by atomic mass is 35.5. The molecular formula is C36H47ClN2O3S. The zero-order valence-electron chi connectivity index (χ0n) is 26.1. The van der Waals surface area contributed by atoms with E-state index in [0.717, 1.165) is 68.3 Å². The molecule has 0 radical (unpaired) electrons. The maximum Gasteiger partial charge on any atom is 0.261 e. The van der Waals surface area contributed by atoms with E-state index in [1.165, 1.54) is 29.5 Å². The van der Waals surface area contributed by atoms with Gasteiger partial charge in [-0.1, -0.05) is 57.5 Å². The van der Waals surface area contributed by atoms with E-state index >= 15 is 0 Å². The Hall–Kier alpha value is -2.15. The van der Waals surface area contributed by atoms with Crippen LogP contribution in [0.3, 0.4) is 0 Å². The number of allylic oxidation sites excluding steroid dienone is 1. The molecule has 1 amide bonds. The highest BCUT2D eigenvalue weighted by molar-refractivity contribution is 7.98. The molecule has 43 heavy (non-hydrogen) atoms. The summed E-state index contributed by atoms with van der Waals surface area (Å²) >= 11 is 7.99. The first-order valence-corrected chi connectivity index (χ1v) is 17.6. The van der Waals surface area contributed by atoms with Gasteiger partial charge in [-0.2, -0.15) is 0 Å². The van der Waals surface area contributed by atoms with Crippen molar-refractivity contribution in [2.75, 3.05) is 31.2 Å². The van der Waals surface area contributed by atoms with Gasteiger partial charge in [-0.15, -0.1) is 0 Å². The van der Waals surface area contributed by atoms with Crippen molar-refractivity contribution >= 4 is 35.1 Å². The first kappa shape index (κ1) is 30.9. The second kappa shape index (κ2) is 13.1. The van der Waals surface area contributed by atoms with Crippen LogP contribution in [0.1, 0.15) is 81.3 Å². The van der Waals surface area contributed by atoms with Gasteiger partial charge >= 0.3 is 0 Å². The van der Waals surface area contributed by atoms with E-state index < -0.39 is 0 Å². The van der Waals surface area contributed by atoms with Crippen LogP contribution >= 0.6 is 23.5 Å². The number of nitrogens with zero attached hydrogens (tertiary/aromatic N) is 1. The van der Waals surface area contributed by atoms with Crippen LogP contribution in [0.25, 0.3) is 0 Å². The van der Waals surface area contributed by atoms with Gasteiger partial charge in [-0.3, -0.25) is 9.52 Å².